The summed E-state index contributed by atoms with van der Waals surface area (Å²) in [6, 6.07) is 0. The topological polar surface area (TPSA) is 17.1 Å². The van der Waals surface area contributed by atoms with Gasteiger partial charge in [0.05, 0.1) is 27.1 Å². The zero-order valence-corrected chi connectivity index (χ0v) is 12.5. The molecule has 0 heterocycles. The third-order valence-electron chi connectivity index (χ3n) is 4.73. The molecule has 0 radical (unpaired) electrons. The number of nitrogens with zero attached hydrogens (tertiary/aromatic N) is 1. The van der Waals surface area contributed by atoms with Crippen LogP contribution in [0, 0.1) is 17.3 Å². The highest BCUT2D eigenvalue weighted by molar-refractivity contribution is 5.68. The number of hydrogen-bond donors (Lipinski definition) is 0. The summed E-state index contributed by atoms with van der Waals surface area (Å²) in [5.41, 5.74) is 0.563. The lowest BCUT2D eigenvalue weighted by Gasteiger charge is -2.29. The van der Waals surface area contributed by atoms with Gasteiger partial charge in [0.1, 0.15) is 0 Å². The smallest absolute Gasteiger partial charge is 0.265 e. The van der Waals surface area contributed by atoms with Gasteiger partial charge in [-0.15, -0.1) is 0 Å². The van der Waals surface area contributed by atoms with Gasteiger partial charge in [-0.1, -0.05) is 27.7 Å². The molecule has 2 atom stereocenters. The van der Waals surface area contributed by atoms with Crippen molar-refractivity contribution in [3.63, 3.8) is 0 Å². The average molecular weight is 240 g/mol. The summed E-state index contributed by atoms with van der Waals surface area (Å²) in [5, 5.41) is 0. The molecule has 1 aliphatic carbocycles. The monoisotopic (exact) mass is 240 g/mol. The van der Waals surface area contributed by atoms with Gasteiger partial charge in [0.15, 0.2) is 0 Å². The van der Waals surface area contributed by atoms with Gasteiger partial charge in [-0.25, -0.2) is 4.79 Å². The number of carbonyl (C=O) groups excluding carboxylic acids is 1. The lowest BCUT2D eigenvalue weighted by Crippen LogP contribution is -2.47. The SMILES string of the molecule is CCC1(CC[N+](C)(C)C(=O)CC(C)C)CC1C. The van der Waals surface area contributed by atoms with Gasteiger partial charge in [-0.05, 0) is 30.1 Å². The van der Waals surface area contributed by atoms with Crippen molar-refractivity contribution in [1.29, 1.82) is 0 Å². The van der Waals surface area contributed by atoms with Crippen LogP contribution in [0.25, 0.3) is 0 Å². The van der Waals surface area contributed by atoms with Crippen LogP contribution in [0.4, 0.5) is 0 Å². The molecule has 2 nitrogen and oxygen atoms in total. The first-order valence-corrected chi connectivity index (χ1v) is 7.10. The molecule has 0 aliphatic heterocycles. The van der Waals surface area contributed by atoms with Crippen molar-refractivity contribution in [2.45, 2.75) is 53.4 Å². The lowest BCUT2D eigenvalue weighted by atomic mass is 9.95. The maximum atomic E-state index is 12.2. The van der Waals surface area contributed by atoms with E-state index in [9.17, 15) is 4.79 Å². The van der Waals surface area contributed by atoms with Crippen LogP contribution in [-0.4, -0.2) is 31.0 Å². The van der Waals surface area contributed by atoms with Crippen LogP contribution in [0.5, 0.6) is 0 Å². The molecule has 0 aromatic carbocycles. The minimum absolute atomic E-state index is 0.388. The summed E-state index contributed by atoms with van der Waals surface area (Å²) in [5.74, 6) is 1.73. The molecule has 0 aromatic heterocycles. The minimum Gasteiger partial charge on any atom is -0.265 e. The van der Waals surface area contributed by atoms with Crippen molar-refractivity contribution in [3.8, 4) is 0 Å². The summed E-state index contributed by atoms with van der Waals surface area (Å²) in [7, 11) is 4.14. The van der Waals surface area contributed by atoms with Gasteiger partial charge in [-0.3, -0.25) is 4.48 Å². The summed E-state index contributed by atoms with van der Waals surface area (Å²) < 4.78 is 0.562. The Balaban J connectivity index is 2.47. The Hall–Kier alpha value is -0.370. The van der Waals surface area contributed by atoms with Crippen molar-refractivity contribution in [1.82, 2.24) is 0 Å². The largest absolute Gasteiger partial charge is 0.313 e. The number of hydrogen-bond acceptors (Lipinski definition) is 1. The van der Waals surface area contributed by atoms with Crippen molar-refractivity contribution in [2.75, 3.05) is 20.6 Å². The predicted octanol–water partition coefficient (Wildman–Crippen LogP) is 3.46. The third-order valence-corrected chi connectivity index (χ3v) is 4.73. The molecular weight excluding hydrogens is 210 g/mol. The molecule has 1 fully saturated rings. The van der Waals surface area contributed by atoms with Gasteiger partial charge in [0, 0.05) is 6.42 Å². The van der Waals surface area contributed by atoms with Crippen molar-refractivity contribution >= 4 is 5.91 Å². The Kier molecular flexibility index (Phi) is 4.40. The van der Waals surface area contributed by atoms with Crippen LogP contribution in [0.1, 0.15) is 53.4 Å². The summed E-state index contributed by atoms with van der Waals surface area (Å²) >= 11 is 0. The van der Waals surface area contributed by atoms with Gasteiger partial charge < -0.3 is 0 Å². The number of carbonyl (C=O) groups is 1. The Bertz CT molecular complexity index is 279. The van der Waals surface area contributed by atoms with Gasteiger partial charge in [0.25, 0.3) is 0 Å². The Labute approximate surface area is 107 Å². The van der Waals surface area contributed by atoms with E-state index in [1.165, 1.54) is 19.3 Å². The average Bonchev–Trinajstić information content (AvgIpc) is 2.86. The van der Waals surface area contributed by atoms with E-state index in [4.69, 9.17) is 0 Å². The minimum atomic E-state index is 0.388. The maximum Gasteiger partial charge on any atom is 0.313 e. The standard InChI is InChI=1S/C15H30NO/c1-7-15(11-13(15)4)8-9-16(5,6)14(17)10-12(2)3/h12-13H,7-11H2,1-6H3/q+1. The summed E-state index contributed by atoms with van der Waals surface area (Å²) in [4.78, 5) is 12.2. The Morgan fingerprint density at radius 3 is 2.29 bits per heavy atom. The second-order valence-corrected chi connectivity index (χ2v) is 6.97. The Morgan fingerprint density at radius 2 is 1.94 bits per heavy atom. The lowest BCUT2D eigenvalue weighted by molar-refractivity contribution is -0.815. The van der Waals surface area contributed by atoms with Crippen LogP contribution in [0.3, 0.4) is 0 Å². The molecule has 0 saturated heterocycles. The molecule has 0 aromatic rings. The second kappa shape index (κ2) is 5.09. The van der Waals surface area contributed by atoms with Crippen LogP contribution in [0.2, 0.25) is 0 Å². The molecule has 0 spiro atoms. The molecule has 100 valence electrons. The van der Waals surface area contributed by atoms with Crippen LogP contribution < -0.4 is 0 Å². The fourth-order valence-electron chi connectivity index (χ4n) is 2.79. The molecule has 0 bridgehead atoms. The van der Waals surface area contributed by atoms with E-state index in [2.05, 4.69) is 41.8 Å². The van der Waals surface area contributed by atoms with Crippen molar-refractivity contribution in [3.05, 3.63) is 0 Å². The fraction of sp³-hybridized carbons (Fsp3) is 0.933. The van der Waals surface area contributed by atoms with E-state index in [1.807, 2.05) is 0 Å². The van der Waals surface area contributed by atoms with Crippen LogP contribution in [0.15, 0.2) is 0 Å². The first kappa shape index (κ1) is 14.7. The molecule has 1 rings (SSSR count). The van der Waals surface area contributed by atoms with Gasteiger partial charge >= 0.3 is 5.91 Å². The normalized spacial score (nSPS) is 28.5. The van der Waals surface area contributed by atoms with Crippen molar-refractivity contribution in [2.24, 2.45) is 17.3 Å². The first-order valence-electron chi connectivity index (χ1n) is 7.10. The Morgan fingerprint density at radius 1 is 1.41 bits per heavy atom. The van der Waals surface area contributed by atoms with E-state index in [-0.39, 0.29) is 0 Å². The van der Waals surface area contributed by atoms with E-state index in [1.54, 1.807) is 0 Å². The number of amides is 1. The molecule has 2 heteroatoms. The number of quaternary nitrogens is 1. The van der Waals surface area contributed by atoms with E-state index in [0.717, 1.165) is 12.5 Å². The second-order valence-electron chi connectivity index (χ2n) is 6.97. The van der Waals surface area contributed by atoms with Gasteiger partial charge in [0.2, 0.25) is 0 Å². The maximum absolute atomic E-state index is 12.2. The zero-order valence-electron chi connectivity index (χ0n) is 12.5. The molecule has 17 heavy (non-hydrogen) atoms. The van der Waals surface area contributed by atoms with E-state index in [0.29, 0.717) is 28.1 Å². The van der Waals surface area contributed by atoms with Crippen molar-refractivity contribution < 1.29 is 9.28 Å². The molecular formula is C15H30NO+. The summed E-state index contributed by atoms with van der Waals surface area (Å²) in [6.07, 6.45) is 4.55. The molecule has 1 amide bonds. The number of rotatable bonds is 6. The fourth-order valence-corrected chi connectivity index (χ4v) is 2.79. The quantitative estimate of drug-likeness (QED) is 0.650. The van der Waals surface area contributed by atoms with Gasteiger partial charge in [-0.2, -0.15) is 0 Å². The third kappa shape index (κ3) is 3.54. The molecule has 0 N–H and O–H groups in total. The highest BCUT2D eigenvalue weighted by atomic mass is 16.2. The van der Waals surface area contributed by atoms with E-state index >= 15 is 0 Å². The molecule has 1 aliphatic rings. The van der Waals surface area contributed by atoms with Crippen LogP contribution >= 0.6 is 0 Å². The first-order chi connectivity index (χ1) is 7.73. The van der Waals surface area contributed by atoms with E-state index < -0.39 is 0 Å². The predicted molar refractivity (Wildman–Crippen MR) is 72.6 cm³/mol. The highest BCUT2D eigenvalue weighted by Crippen LogP contribution is 2.57. The molecule has 1 saturated carbocycles. The summed E-state index contributed by atoms with van der Waals surface area (Å²) in [6.45, 7) is 9.88. The van der Waals surface area contributed by atoms with Crippen LogP contribution in [-0.2, 0) is 4.79 Å². The zero-order chi connectivity index (χ0) is 13.3. The highest BCUT2D eigenvalue weighted by Gasteiger charge is 2.50. The molecule has 2 unspecified atom stereocenters.